The summed E-state index contributed by atoms with van der Waals surface area (Å²) in [4.78, 5) is 28.7. The number of benzene rings is 16. The van der Waals surface area contributed by atoms with E-state index in [4.69, 9.17) is 15.0 Å². The van der Waals surface area contributed by atoms with Gasteiger partial charge in [-0.15, -0.1) is 0 Å². The van der Waals surface area contributed by atoms with Crippen LogP contribution in [0.5, 0.6) is 0 Å². The van der Waals surface area contributed by atoms with Crippen LogP contribution in [-0.2, 0) is 16.2 Å². The first-order valence-corrected chi connectivity index (χ1v) is 49.3. The number of nitrogens with zero attached hydrogens (tertiary/aromatic N) is 9. The van der Waals surface area contributed by atoms with Crippen LogP contribution in [-0.4, -0.2) is 43.6 Å². The lowest BCUT2D eigenvalue weighted by atomic mass is 9.66. The maximum Gasteiger partial charge on any atom is 0.137 e. The minimum atomic E-state index is -0.432. The van der Waals surface area contributed by atoms with Gasteiger partial charge >= 0.3 is 0 Å². The maximum absolute atomic E-state index is 5.30. The fourth-order valence-electron chi connectivity index (χ4n) is 25.1. The zero-order valence-corrected chi connectivity index (χ0v) is 78.1. The predicted octanol–water partition coefficient (Wildman–Crippen LogP) is 31.9. The van der Waals surface area contributed by atoms with E-state index in [9.17, 15) is 0 Å². The normalized spacial score (nSPS) is 13.6. The molecule has 0 amide bonds. The molecule has 0 radical (unpaired) electrons. The lowest BCUT2D eigenvalue weighted by molar-refractivity contribution is 0.766. The molecule has 0 atom stereocenters. The number of fused-ring (bicyclic) bond motifs is 36. The van der Waals surface area contributed by atoms with Gasteiger partial charge < -0.3 is 0 Å². The highest BCUT2D eigenvalue weighted by Gasteiger charge is 2.52. The van der Waals surface area contributed by atoms with Crippen molar-refractivity contribution in [3.05, 3.63) is 580 Å². The van der Waals surface area contributed by atoms with Gasteiger partial charge in [-0.2, -0.15) is 0 Å². The maximum atomic E-state index is 5.30. The smallest absolute Gasteiger partial charge is 0.137 e. The van der Waals surface area contributed by atoms with Crippen molar-refractivity contribution in [1.82, 2.24) is 43.6 Å². The van der Waals surface area contributed by atoms with E-state index in [0.29, 0.717) is 0 Å². The van der Waals surface area contributed by atoms with Crippen molar-refractivity contribution >= 4 is 102 Å². The summed E-state index contributed by atoms with van der Waals surface area (Å²) >= 11 is 0. The van der Waals surface area contributed by atoms with E-state index in [1.54, 1.807) is 0 Å². The standard InChI is InChI=1S/C49H31N3.2C43H27N3/c1-2-14-34(15-3-1)44-26-28-46-48(51-44)39-31-36(24-27-45(39)52(46)47-20-10-11-29-50-47)35-23-25-43-38(30-35)37-16-6-9-19-42(37)49(43)40-17-7-4-12-32(40)21-22-33-13-5-8-18-41(33)49;1-4-13-35-28(10-1)18-19-29-11-2-5-14-36(29)43(35)37-15-6-3-12-32(37)33-26-30(20-22-38(33)43)31-21-23-39-34(27-31)42-40(16-9-25-45-42)46(39)41-17-7-8-24-44-41;1-4-12-36-28(9-1)16-17-29-10-2-5-13-37(29)43(36)38-14-6-3-11-32(38)33-25-30(18-20-39(33)43)31-19-21-40-34(26-31)35-27-44-24-22-41(35)46(40)42-15-7-8-23-45-42/h1-31H;2*1-27H. The largest absolute Gasteiger partial charge is 0.294 e. The molecule has 9 heterocycles. The Morgan fingerprint density at radius 1 is 0.174 bits per heavy atom. The number of hydrogen-bond acceptors (Lipinski definition) is 6. The highest BCUT2D eigenvalue weighted by atomic mass is 15.1. The zero-order chi connectivity index (χ0) is 94.7. The first-order chi connectivity index (χ1) is 71.4. The van der Waals surface area contributed by atoms with Gasteiger partial charge in [0.25, 0.3) is 0 Å². The molecule has 3 spiro atoms. The van der Waals surface area contributed by atoms with E-state index in [1.807, 2.05) is 91.8 Å². The van der Waals surface area contributed by atoms with E-state index in [1.165, 1.54) is 167 Å². The third-order valence-corrected chi connectivity index (χ3v) is 31.0. The SMILES string of the molecule is C1=Cc2ccccc2C2(c3ccccc31)c1ccccc1-c1cc(-c3ccc4c(c3)c3cnccc3n4-c3ccccn3)ccc12.C1=Cc2ccccc2C2(c3ccccc31)c1ccccc1-c1cc(-c3ccc4c(c3)c3nc(-c5ccccc5)ccc3n4-c3ccccn3)ccc12.C1=Cc2ccccc2C2(c3ccccc31)c1ccccc1-c1cc(-c3ccc4c(c3)c3ncccc3n4-c3ccccn3)ccc12. The highest BCUT2D eigenvalue weighted by molar-refractivity contribution is 6.13. The van der Waals surface area contributed by atoms with Gasteiger partial charge in [0.2, 0.25) is 0 Å². The summed E-state index contributed by atoms with van der Waals surface area (Å²) in [7, 11) is 0. The number of hydrogen-bond donors (Lipinski definition) is 0. The minimum absolute atomic E-state index is 0.410. The topological polar surface area (TPSA) is 92.1 Å². The second-order valence-electron chi connectivity index (χ2n) is 38.2. The van der Waals surface area contributed by atoms with Crippen LogP contribution >= 0.6 is 0 Å². The molecule has 16 aromatic carbocycles. The van der Waals surface area contributed by atoms with Gasteiger partial charge in [-0.05, 0) is 288 Å². The number of rotatable bonds is 7. The lowest BCUT2D eigenvalue weighted by Crippen LogP contribution is -2.29. The van der Waals surface area contributed by atoms with Crippen LogP contribution in [0.3, 0.4) is 0 Å². The molecular weight excluding hydrogens is 1750 g/mol. The second kappa shape index (κ2) is 32.6. The Hall–Kier alpha value is -19.0. The second-order valence-corrected chi connectivity index (χ2v) is 38.2. The van der Waals surface area contributed by atoms with Crippen LogP contribution in [0.1, 0.15) is 100 Å². The predicted molar refractivity (Wildman–Crippen MR) is 590 cm³/mol. The van der Waals surface area contributed by atoms with Crippen LogP contribution < -0.4 is 0 Å². The fraction of sp³-hybridized carbons (Fsp3) is 0.0222. The Labute approximate surface area is 831 Å². The van der Waals surface area contributed by atoms with Crippen LogP contribution in [0.2, 0.25) is 0 Å². The molecule has 0 aliphatic heterocycles. The third kappa shape index (κ3) is 12.2. The third-order valence-electron chi connectivity index (χ3n) is 31.0. The van der Waals surface area contributed by atoms with E-state index >= 15 is 0 Å². The van der Waals surface area contributed by atoms with Crippen molar-refractivity contribution in [2.75, 3.05) is 0 Å². The molecule has 31 rings (SSSR count). The fourth-order valence-corrected chi connectivity index (χ4v) is 25.1. The van der Waals surface area contributed by atoms with Gasteiger partial charge in [-0.3, -0.25) is 23.7 Å². The van der Waals surface area contributed by atoms with Gasteiger partial charge in [-0.25, -0.2) is 19.9 Å². The van der Waals surface area contributed by atoms with Gasteiger partial charge in [0.05, 0.1) is 66.1 Å². The molecule has 6 aliphatic rings. The van der Waals surface area contributed by atoms with Crippen molar-refractivity contribution in [1.29, 1.82) is 0 Å². The summed E-state index contributed by atoms with van der Waals surface area (Å²) in [5.41, 5.74) is 47.5. The van der Waals surface area contributed by atoms with Crippen molar-refractivity contribution in [2.45, 2.75) is 16.2 Å². The molecule has 9 nitrogen and oxygen atoms in total. The van der Waals surface area contributed by atoms with Crippen LogP contribution in [0.15, 0.2) is 480 Å². The van der Waals surface area contributed by atoms with Crippen LogP contribution in [0.25, 0.3) is 198 Å². The van der Waals surface area contributed by atoms with Gasteiger partial charge in [0.15, 0.2) is 0 Å². The van der Waals surface area contributed by atoms with Crippen molar-refractivity contribution in [3.63, 3.8) is 0 Å². The Morgan fingerprint density at radius 3 is 0.868 bits per heavy atom. The summed E-state index contributed by atoms with van der Waals surface area (Å²) in [6.45, 7) is 0. The molecule has 6 aliphatic carbocycles. The average molecular weight is 1830 g/mol. The molecule has 9 heteroatoms. The molecule has 9 aromatic heterocycles. The minimum Gasteiger partial charge on any atom is -0.294 e. The van der Waals surface area contributed by atoms with E-state index in [2.05, 4.69) is 453 Å². The van der Waals surface area contributed by atoms with Gasteiger partial charge in [0, 0.05) is 64.3 Å². The molecule has 0 bridgehead atoms. The Kier molecular flexibility index (Phi) is 18.6. The zero-order valence-electron chi connectivity index (χ0n) is 78.1. The highest BCUT2D eigenvalue weighted by Crippen LogP contribution is 2.64. The first-order valence-electron chi connectivity index (χ1n) is 49.3. The molecule has 0 saturated heterocycles. The summed E-state index contributed by atoms with van der Waals surface area (Å²) in [6, 6.07) is 161. The lowest BCUT2D eigenvalue weighted by Gasteiger charge is -2.35. The van der Waals surface area contributed by atoms with Crippen LogP contribution in [0, 0.1) is 0 Å². The molecule has 0 unspecified atom stereocenters. The number of aromatic nitrogens is 9. The molecule has 0 saturated carbocycles. The summed E-state index contributed by atoms with van der Waals surface area (Å²) in [5.74, 6) is 2.67. The van der Waals surface area contributed by atoms with Gasteiger partial charge in [-0.1, -0.05) is 358 Å². The van der Waals surface area contributed by atoms with E-state index in [0.717, 1.165) is 94.6 Å². The molecular formula is C135H85N9. The summed E-state index contributed by atoms with van der Waals surface area (Å²) in [5, 5.41) is 4.51. The van der Waals surface area contributed by atoms with Crippen LogP contribution in [0.4, 0.5) is 0 Å². The Balaban J connectivity index is 0.000000103. The molecule has 0 fully saturated rings. The summed E-state index contributed by atoms with van der Waals surface area (Å²) in [6.07, 6.45) is 24.9. The van der Waals surface area contributed by atoms with Gasteiger partial charge in [0.1, 0.15) is 17.5 Å². The Morgan fingerprint density at radius 2 is 0.472 bits per heavy atom. The quantitative estimate of drug-likeness (QED) is 0.158. The monoisotopic (exact) mass is 1830 g/mol. The van der Waals surface area contributed by atoms with E-state index in [-0.39, 0.29) is 0 Å². The Bertz CT molecular complexity index is 9230. The van der Waals surface area contributed by atoms with Crippen molar-refractivity contribution < 1.29 is 0 Å². The molecule has 144 heavy (non-hydrogen) atoms. The molecule has 0 N–H and O–H groups in total. The van der Waals surface area contributed by atoms with Crippen molar-refractivity contribution in [3.8, 4) is 95.5 Å². The van der Waals surface area contributed by atoms with E-state index < -0.39 is 16.2 Å². The molecule has 25 aromatic rings. The van der Waals surface area contributed by atoms with Crippen molar-refractivity contribution in [2.24, 2.45) is 0 Å². The number of pyridine rings is 6. The summed E-state index contributed by atoms with van der Waals surface area (Å²) < 4.78 is 6.67. The average Bonchev–Trinajstić information content (AvgIpc) is 1.53. The first kappa shape index (κ1) is 82.1. The molecule has 670 valence electrons.